The van der Waals surface area contributed by atoms with Crippen LogP contribution in [-0.2, 0) is 4.79 Å². The molecule has 23 heavy (non-hydrogen) atoms. The van der Waals surface area contributed by atoms with Crippen molar-refractivity contribution >= 4 is 77.2 Å². The predicted molar refractivity (Wildman–Crippen MR) is 105 cm³/mol. The maximum atomic E-state index is 11.8. The van der Waals surface area contributed by atoms with Gasteiger partial charge < -0.3 is 5.32 Å². The van der Waals surface area contributed by atoms with Gasteiger partial charge in [0.25, 0.3) is 5.91 Å². The minimum Gasteiger partial charge on any atom is -0.374 e. The fourth-order valence-corrected chi connectivity index (χ4v) is 4.05. The topological polar surface area (TPSA) is 53.5 Å². The molecule has 0 bridgehead atoms. The van der Waals surface area contributed by atoms with E-state index in [2.05, 4.69) is 63.6 Å². The molecule has 0 saturated heterocycles. The summed E-state index contributed by atoms with van der Waals surface area (Å²) < 4.78 is 2.48. The molecule has 0 aliphatic heterocycles. The number of carbonyl (C=O) groups excluding carboxylic acids is 1. The third kappa shape index (κ3) is 5.91. The fourth-order valence-electron chi connectivity index (χ4n) is 1.68. The molecule has 0 aliphatic carbocycles. The van der Waals surface area contributed by atoms with E-state index >= 15 is 0 Å². The number of carbonyl (C=O) groups is 1. The Morgan fingerprint density at radius 2 is 1.87 bits per heavy atom. The highest BCUT2D eigenvalue weighted by molar-refractivity contribution is 9.11. The van der Waals surface area contributed by atoms with Gasteiger partial charge in [0.05, 0.1) is 18.4 Å². The number of amides is 1. The average molecular weight is 524 g/mol. The van der Waals surface area contributed by atoms with Crippen molar-refractivity contribution in [2.45, 2.75) is 0 Å². The number of anilines is 1. The molecule has 0 heterocycles. The minimum absolute atomic E-state index is 0.0780. The van der Waals surface area contributed by atoms with Crippen molar-refractivity contribution in [3.63, 3.8) is 0 Å². The minimum atomic E-state index is -0.259. The lowest BCUT2D eigenvalue weighted by Crippen LogP contribution is -2.26. The summed E-state index contributed by atoms with van der Waals surface area (Å²) in [5.41, 5.74) is 4.10. The maximum Gasteiger partial charge on any atom is 0.259 e. The van der Waals surface area contributed by atoms with E-state index in [0.717, 1.165) is 24.7 Å². The van der Waals surface area contributed by atoms with Gasteiger partial charge in [0.15, 0.2) is 0 Å². The molecule has 2 aromatic carbocycles. The Hall–Kier alpha value is -0.890. The Kier molecular flexibility index (Phi) is 7.08. The van der Waals surface area contributed by atoms with Crippen LogP contribution in [0.1, 0.15) is 5.56 Å². The van der Waals surface area contributed by atoms with E-state index in [4.69, 9.17) is 11.6 Å². The monoisotopic (exact) mass is 521 g/mol. The number of benzene rings is 2. The number of nitrogens with one attached hydrogen (secondary N) is 2. The zero-order valence-electron chi connectivity index (χ0n) is 11.6. The summed E-state index contributed by atoms with van der Waals surface area (Å²) in [5.74, 6) is -0.259. The molecular weight excluding hydrogens is 513 g/mol. The van der Waals surface area contributed by atoms with Crippen molar-refractivity contribution in [1.29, 1.82) is 0 Å². The molecular formula is C15H11Br3ClN3O. The van der Waals surface area contributed by atoms with Crippen molar-refractivity contribution in [2.24, 2.45) is 5.10 Å². The van der Waals surface area contributed by atoms with E-state index in [1.807, 2.05) is 24.3 Å². The van der Waals surface area contributed by atoms with Crippen LogP contribution in [0.5, 0.6) is 0 Å². The van der Waals surface area contributed by atoms with Crippen molar-refractivity contribution < 1.29 is 4.79 Å². The molecule has 0 unspecified atom stereocenters. The molecule has 1 amide bonds. The Morgan fingerprint density at radius 1 is 1.17 bits per heavy atom. The van der Waals surface area contributed by atoms with E-state index in [1.54, 1.807) is 18.3 Å². The molecule has 0 saturated carbocycles. The normalized spacial score (nSPS) is 10.8. The van der Waals surface area contributed by atoms with E-state index < -0.39 is 0 Å². The van der Waals surface area contributed by atoms with Crippen LogP contribution < -0.4 is 10.7 Å². The Bertz CT molecular complexity index is 729. The summed E-state index contributed by atoms with van der Waals surface area (Å²) in [6.45, 7) is 0.0780. The molecule has 0 atom stereocenters. The molecule has 2 rings (SSSR count). The lowest BCUT2D eigenvalue weighted by molar-refractivity contribution is -0.119. The zero-order valence-corrected chi connectivity index (χ0v) is 17.1. The molecule has 0 fully saturated rings. The van der Waals surface area contributed by atoms with Crippen LogP contribution in [0.2, 0.25) is 5.02 Å². The highest BCUT2D eigenvalue weighted by Crippen LogP contribution is 2.33. The van der Waals surface area contributed by atoms with Crippen LogP contribution in [-0.4, -0.2) is 18.7 Å². The molecule has 0 aromatic heterocycles. The largest absolute Gasteiger partial charge is 0.374 e. The second-order valence-electron chi connectivity index (χ2n) is 4.45. The highest BCUT2D eigenvalue weighted by Gasteiger charge is 2.08. The third-order valence-electron chi connectivity index (χ3n) is 2.68. The molecule has 4 nitrogen and oxygen atoms in total. The van der Waals surface area contributed by atoms with Crippen LogP contribution in [0, 0.1) is 0 Å². The number of hydrogen-bond donors (Lipinski definition) is 2. The van der Waals surface area contributed by atoms with Gasteiger partial charge in [-0.25, -0.2) is 5.43 Å². The van der Waals surface area contributed by atoms with Crippen molar-refractivity contribution in [3.8, 4) is 0 Å². The number of hydrogen-bond acceptors (Lipinski definition) is 3. The maximum absolute atomic E-state index is 11.8. The summed E-state index contributed by atoms with van der Waals surface area (Å²) in [4.78, 5) is 11.8. The summed E-state index contributed by atoms with van der Waals surface area (Å²) in [7, 11) is 0. The van der Waals surface area contributed by atoms with Crippen molar-refractivity contribution in [3.05, 3.63) is 60.4 Å². The van der Waals surface area contributed by atoms with Gasteiger partial charge in [-0.3, -0.25) is 4.79 Å². The molecule has 2 aromatic rings. The summed E-state index contributed by atoms with van der Waals surface area (Å²) in [6, 6.07) is 11.1. The number of hydrazone groups is 1. The smallest absolute Gasteiger partial charge is 0.259 e. The molecule has 0 aliphatic rings. The molecule has 0 spiro atoms. The van der Waals surface area contributed by atoms with Gasteiger partial charge in [-0.1, -0.05) is 39.7 Å². The first-order chi connectivity index (χ1) is 11.0. The van der Waals surface area contributed by atoms with E-state index in [9.17, 15) is 4.79 Å². The van der Waals surface area contributed by atoms with Crippen LogP contribution in [0.4, 0.5) is 5.69 Å². The average Bonchev–Trinajstić information content (AvgIpc) is 2.46. The lowest BCUT2D eigenvalue weighted by Gasteiger charge is -2.10. The third-order valence-corrected chi connectivity index (χ3v) is 4.65. The van der Waals surface area contributed by atoms with Crippen LogP contribution in [0.3, 0.4) is 0 Å². The van der Waals surface area contributed by atoms with E-state index in [0.29, 0.717) is 5.02 Å². The number of halogens is 4. The summed E-state index contributed by atoms with van der Waals surface area (Å²) in [5, 5.41) is 7.54. The summed E-state index contributed by atoms with van der Waals surface area (Å²) in [6.07, 6.45) is 1.58. The fraction of sp³-hybridized carbons (Fsp3) is 0.0667. The Morgan fingerprint density at radius 3 is 2.52 bits per heavy atom. The van der Waals surface area contributed by atoms with Crippen molar-refractivity contribution in [2.75, 3.05) is 11.9 Å². The first kappa shape index (κ1) is 18.4. The van der Waals surface area contributed by atoms with Gasteiger partial charge >= 0.3 is 0 Å². The Labute approximate surface area is 164 Å². The lowest BCUT2D eigenvalue weighted by atomic mass is 10.2. The standard InChI is InChI=1S/C15H11Br3ClN3O/c16-10-3-1-2-9(4-10)7-21-22-14(23)8-20-15-12(17)5-11(19)6-13(15)18/h1-7,20H,8H2,(H,22,23)/b21-7+. The van der Waals surface area contributed by atoms with Crippen LogP contribution in [0.25, 0.3) is 0 Å². The second-order valence-corrected chi connectivity index (χ2v) is 7.51. The zero-order chi connectivity index (χ0) is 16.8. The van der Waals surface area contributed by atoms with Gasteiger partial charge in [0.1, 0.15) is 0 Å². The van der Waals surface area contributed by atoms with Crippen LogP contribution >= 0.6 is 59.4 Å². The first-order valence-corrected chi connectivity index (χ1v) is 9.17. The molecule has 0 radical (unpaired) electrons. The SMILES string of the molecule is O=C(CNc1c(Br)cc(Cl)cc1Br)N/N=C/c1cccc(Br)c1. The second kappa shape index (κ2) is 8.82. The summed E-state index contributed by atoms with van der Waals surface area (Å²) >= 11 is 16.1. The van der Waals surface area contributed by atoms with Gasteiger partial charge in [-0.15, -0.1) is 0 Å². The van der Waals surface area contributed by atoms with Gasteiger partial charge in [-0.05, 0) is 61.7 Å². The van der Waals surface area contributed by atoms with Crippen LogP contribution in [0.15, 0.2) is 54.9 Å². The Balaban J connectivity index is 1.88. The van der Waals surface area contributed by atoms with Gasteiger partial charge in [0.2, 0.25) is 0 Å². The number of rotatable bonds is 5. The van der Waals surface area contributed by atoms with Gasteiger partial charge in [-0.2, -0.15) is 5.10 Å². The highest BCUT2D eigenvalue weighted by atomic mass is 79.9. The van der Waals surface area contributed by atoms with E-state index in [-0.39, 0.29) is 12.5 Å². The molecule has 8 heteroatoms. The molecule has 120 valence electrons. The first-order valence-electron chi connectivity index (χ1n) is 6.41. The number of nitrogens with zero attached hydrogens (tertiary/aromatic N) is 1. The van der Waals surface area contributed by atoms with E-state index in [1.165, 1.54) is 0 Å². The quantitative estimate of drug-likeness (QED) is 0.418. The van der Waals surface area contributed by atoms with Gasteiger partial charge in [0, 0.05) is 18.4 Å². The molecule has 2 N–H and O–H groups in total. The van der Waals surface area contributed by atoms with Crippen molar-refractivity contribution in [1.82, 2.24) is 5.43 Å². The predicted octanol–water partition coefficient (Wildman–Crippen LogP) is 5.19.